The van der Waals surface area contributed by atoms with Crippen molar-refractivity contribution in [1.82, 2.24) is 5.32 Å². The maximum absolute atomic E-state index is 5.88. The fourth-order valence-corrected chi connectivity index (χ4v) is 2.14. The lowest BCUT2D eigenvalue weighted by atomic mass is 10.0. The summed E-state index contributed by atoms with van der Waals surface area (Å²) in [6, 6.07) is 4.14. The highest BCUT2D eigenvalue weighted by molar-refractivity contribution is 14.0. The molecule has 0 amide bonds. The second-order valence-corrected chi connectivity index (χ2v) is 6.12. The number of halogens is 1. The van der Waals surface area contributed by atoms with Gasteiger partial charge in [0.2, 0.25) is 0 Å². The number of nitrogens with one attached hydrogen (secondary N) is 1. The molecule has 0 aliphatic heterocycles. The summed E-state index contributed by atoms with van der Waals surface area (Å²) in [4.78, 5) is 4.32. The molecule has 134 valence electrons. The van der Waals surface area contributed by atoms with Crippen LogP contribution in [0.3, 0.4) is 0 Å². The number of ether oxygens (including phenoxy) is 1. The summed E-state index contributed by atoms with van der Waals surface area (Å²) in [5.41, 5.74) is 5.88. The molecule has 1 aromatic rings. The van der Waals surface area contributed by atoms with Gasteiger partial charge in [-0.05, 0) is 37.8 Å². The van der Waals surface area contributed by atoms with Gasteiger partial charge in [-0.2, -0.15) is 0 Å². The summed E-state index contributed by atoms with van der Waals surface area (Å²) in [5.74, 6) is 2.14. The van der Waals surface area contributed by atoms with E-state index in [1.807, 2.05) is 12.1 Å². The van der Waals surface area contributed by atoms with Gasteiger partial charge in [-0.15, -0.1) is 24.0 Å². The molecular formula is C17H32IN3O2. The summed E-state index contributed by atoms with van der Waals surface area (Å²) in [6.45, 7) is 8.49. The second-order valence-electron chi connectivity index (χ2n) is 6.12. The van der Waals surface area contributed by atoms with E-state index in [1.165, 1.54) is 12.8 Å². The van der Waals surface area contributed by atoms with Crippen molar-refractivity contribution >= 4 is 29.9 Å². The van der Waals surface area contributed by atoms with Crippen molar-refractivity contribution in [1.29, 1.82) is 0 Å². The van der Waals surface area contributed by atoms with Gasteiger partial charge in [0.1, 0.15) is 12.4 Å². The Labute approximate surface area is 157 Å². The molecule has 0 aromatic carbocycles. The van der Waals surface area contributed by atoms with Crippen molar-refractivity contribution in [2.45, 2.75) is 59.1 Å². The van der Waals surface area contributed by atoms with Crippen LogP contribution in [0.5, 0.6) is 0 Å². The third-order valence-electron chi connectivity index (χ3n) is 3.37. The van der Waals surface area contributed by atoms with Crippen LogP contribution >= 0.6 is 24.0 Å². The van der Waals surface area contributed by atoms with Gasteiger partial charge in [-0.1, -0.05) is 26.7 Å². The average Bonchev–Trinajstić information content (AvgIpc) is 2.95. The normalized spacial score (nSPS) is 13.0. The summed E-state index contributed by atoms with van der Waals surface area (Å²) < 4.78 is 10.7. The molecule has 1 unspecified atom stereocenters. The van der Waals surface area contributed by atoms with Crippen LogP contribution in [0.1, 0.15) is 52.2 Å². The Morgan fingerprint density at radius 2 is 2.09 bits per heavy atom. The maximum Gasteiger partial charge on any atom is 0.188 e. The molecule has 5 nitrogen and oxygen atoms in total. The molecule has 0 spiro atoms. The smallest absolute Gasteiger partial charge is 0.188 e. The van der Waals surface area contributed by atoms with E-state index in [0.717, 1.165) is 24.5 Å². The number of hydrogen-bond acceptors (Lipinski definition) is 3. The van der Waals surface area contributed by atoms with Gasteiger partial charge in [-0.3, -0.25) is 4.99 Å². The zero-order chi connectivity index (χ0) is 16.2. The third-order valence-corrected chi connectivity index (χ3v) is 3.37. The monoisotopic (exact) mass is 437 g/mol. The number of guanidine groups is 1. The lowest BCUT2D eigenvalue weighted by Crippen LogP contribution is -2.38. The summed E-state index contributed by atoms with van der Waals surface area (Å²) in [7, 11) is 0. The molecule has 0 bridgehead atoms. The van der Waals surface area contributed by atoms with Gasteiger partial charge in [0.25, 0.3) is 0 Å². The summed E-state index contributed by atoms with van der Waals surface area (Å²) in [5, 5.41) is 3.24. The van der Waals surface area contributed by atoms with E-state index in [-0.39, 0.29) is 24.0 Å². The summed E-state index contributed by atoms with van der Waals surface area (Å²) in [6.07, 6.45) is 6.11. The Bertz CT molecular complexity index is 408. The van der Waals surface area contributed by atoms with E-state index < -0.39 is 0 Å². The molecule has 6 heteroatoms. The fraction of sp³-hybridized carbons (Fsp3) is 0.706. The molecule has 0 radical (unpaired) electrons. The van der Waals surface area contributed by atoms with E-state index in [9.17, 15) is 0 Å². The quantitative estimate of drug-likeness (QED) is 0.238. The number of furan rings is 1. The van der Waals surface area contributed by atoms with Crippen LogP contribution < -0.4 is 11.1 Å². The molecule has 0 fully saturated rings. The minimum atomic E-state index is 0. The van der Waals surface area contributed by atoms with E-state index in [4.69, 9.17) is 14.9 Å². The van der Waals surface area contributed by atoms with E-state index >= 15 is 0 Å². The lowest BCUT2D eigenvalue weighted by Gasteiger charge is -2.15. The van der Waals surface area contributed by atoms with Crippen molar-refractivity contribution in [3.63, 3.8) is 0 Å². The third kappa shape index (κ3) is 12.3. The van der Waals surface area contributed by atoms with Gasteiger partial charge in [0.15, 0.2) is 5.96 Å². The van der Waals surface area contributed by atoms with Crippen molar-refractivity contribution in [2.75, 3.05) is 13.2 Å². The Morgan fingerprint density at radius 3 is 2.74 bits per heavy atom. The van der Waals surface area contributed by atoms with E-state index in [2.05, 4.69) is 31.1 Å². The number of nitrogens with zero attached hydrogens (tertiary/aromatic N) is 1. The Balaban J connectivity index is 0.00000484. The number of nitrogens with two attached hydrogens (primary N) is 1. The Morgan fingerprint density at radius 1 is 1.30 bits per heavy atom. The minimum Gasteiger partial charge on any atom is -0.467 e. The molecule has 1 rings (SSSR count). The molecular weight excluding hydrogens is 405 g/mol. The van der Waals surface area contributed by atoms with Crippen LogP contribution in [0, 0.1) is 5.92 Å². The highest BCUT2D eigenvalue weighted by atomic mass is 127. The first kappa shape index (κ1) is 22.2. The molecule has 1 heterocycles. The highest BCUT2D eigenvalue weighted by Gasteiger charge is 2.03. The Hall–Kier alpha value is -0.760. The predicted octanol–water partition coefficient (Wildman–Crippen LogP) is 3.92. The zero-order valence-corrected chi connectivity index (χ0v) is 16.9. The Kier molecular flexibility index (Phi) is 13.2. The molecule has 1 aromatic heterocycles. The van der Waals surface area contributed by atoms with Crippen LogP contribution in [0.25, 0.3) is 0 Å². The average molecular weight is 437 g/mol. The number of hydrogen-bond donors (Lipinski definition) is 2. The summed E-state index contributed by atoms with van der Waals surface area (Å²) >= 11 is 0. The van der Waals surface area contributed by atoms with Crippen molar-refractivity contribution in [3.05, 3.63) is 24.2 Å². The standard InChI is InChI=1S/C17H31N3O2.HI/c1-14(2)7-4-8-15(3)20-17(18)19-10-6-11-21-13-16-9-5-12-22-16;/h5,9,12,14-15H,4,6-8,10-11,13H2,1-3H3,(H3,18,19,20);1H. The van der Waals surface area contributed by atoms with Gasteiger partial charge in [-0.25, -0.2) is 0 Å². The topological polar surface area (TPSA) is 72.8 Å². The van der Waals surface area contributed by atoms with Crippen molar-refractivity contribution in [2.24, 2.45) is 16.6 Å². The van der Waals surface area contributed by atoms with Crippen LogP contribution in [-0.2, 0) is 11.3 Å². The van der Waals surface area contributed by atoms with Gasteiger partial charge in [0, 0.05) is 19.2 Å². The zero-order valence-electron chi connectivity index (χ0n) is 14.6. The maximum atomic E-state index is 5.88. The van der Waals surface area contributed by atoms with Gasteiger partial charge >= 0.3 is 0 Å². The van der Waals surface area contributed by atoms with Crippen LogP contribution in [0.2, 0.25) is 0 Å². The van der Waals surface area contributed by atoms with Gasteiger partial charge in [0.05, 0.1) is 6.26 Å². The van der Waals surface area contributed by atoms with Crippen LogP contribution in [0.4, 0.5) is 0 Å². The van der Waals surface area contributed by atoms with Crippen LogP contribution in [0.15, 0.2) is 27.8 Å². The second kappa shape index (κ2) is 13.7. The SMILES string of the molecule is CC(C)CCCC(C)NC(N)=NCCCOCc1ccco1.I. The van der Waals surface area contributed by atoms with Crippen LogP contribution in [-0.4, -0.2) is 25.2 Å². The fourth-order valence-electron chi connectivity index (χ4n) is 2.14. The molecule has 1 atom stereocenters. The minimum absolute atomic E-state index is 0. The molecule has 23 heavy (non-hydrogen) atoms. The first-order valence-corrected chi connectivity index (χ1v) is 8.24. The molecule has 3 N–H and O–H groups in total. The van der Waals surface area contributed by atoms with Crippen molar-refractivity contribution < 1.29 is 9.15 Å². The highest BCUT2D eigenvalue weighted by Crippen LogP contribution is 2.08. The van der Waals surface area contributed by atoms with Gasteiger partial charge < -0.3 is 20.2 Å². The largest absolute Gasteiger partial charge is 0.467 e. The number of rotatable bonds is 11. The predicted molar refractivity (Wildman–Crippen MR) is 106 cm³/mol. The molecule has 0 aliphatic rings. The van der Waals surface area contributed by atoms with Crippen molar-refractivity contribution in [3.8, 4) is 0 Å². The molecule has 0 saturated heterocycles. The molecule has 0 aliphatic carbocycles. The molecule has 0 saturated carbocycles. The first-order valence-electron chi connectivity index (χ1n) is 8.24. The lowest BCUT2D eigenvalue weighted by molar-refractivity contribution is 0.105. The van der Waals surface area contributed by atoms with E-state index in [1.54, 1.807) is 6.26 Å². The first-order chi connectivity index (χ1) is 10.6. The van der Waals surface area contributed by atoms with E-state index in [0.29, 0.717) is 31.8 Å². The number of aliphatic imine (C=N–C) groups is 1.